The summed E-state index contributed by atoms with van der Waals surface area (Å²) in [5.41, 5.74) is 0.549. The molecular formula is C13H20O5. The second-order valence-corrected chi connectivity index (χ2v) is 3.06. The van der Waals surface area contributed by atoms with E-state index in [-0.39, 0.29) is 6.42 Å². The van der Waals surface area contributed by atoms with Crippen molar-refractivity contribution in [2.24, 2.45) is 0 Å². The molecule has 1 aromatic rings. The van der Waals surface area contributed by atoms with Gasteiger partial charge in [0.1, 0.15) is 0 Å². The second-order valence-electron chi connectivity index (χ2n) is 3.06. The van der Waals surface area contributed by atoms with Crippen LogP contribution in [0.25, 0.3) is 0 Å². The third kappa shape index (κ3) is 3.84. The van der Waals surface area contributed by atoms with E-state index in [9.17, 15) is 4.79 Å². The van der Waals surface area contributed by atoms with E-state index in [4.69, 9.17) is 19.3 Å². The largest absolute Gasteiger partial charge is 0.493 e. The van der Waals surface area contributed by atoms with Crippen molar-refractivity contribution in [2.45, 2.75) is 20.3 Å². The maximum atomic E-state index is 10.7. The fourth-order valence-corrected chi connectivity index (χ4v) is 1.47. The van der Waals surface area contributed by atoms with Gasteiger partial charge in [-0.1, -0.05) is 19.9 Å². The Bertz CT molecular complexity index is 387. The van der Waals surface area contributed by atoms with E-state index in [1.165, 1.54) is 21.3 Å². The van der Waals surface area contributed by atoms with Crippen LogP contribution in [0.3, 0.4) is 0 Å². The number of hydrogen-bond acceptors (Lipinski definition) is 4. The van der Waals surface area contributed by atoms with E-state index in [1.54, 1.807) is 12.1 Å². The van der Waals surface area contributed by atoms with Gasteiger partial charge in [0.05, 0.1) is 27.8 Å². The third-order valence-corrected chi connectivity index (χ3v) is 2.13. The molecule has 102 valence electrons. The van der Waals surface area contributed by atoms with Crippen LogP contribution >= 0.6 is 0 Å². The molecule has 18 heavy (non-hydrogen) atoms. The Kier molecular flexibility index (Phi) is 7.35. The Morgan fingerprint density at radius 2 is 1.61 bits per heavy atom. The van der Waals surface area contributed by atoms with Crippen LogP contribution in [-0.4, -0.2) is 32.4 Å². The van der Waals surface area contributed by atoms with Crippen molar-refractivity contribution in [3.05, 3.63) is 17.7 Å². The fourth-order valence-electron chi connectivity index (χ4n) is 1.47. The molecule has 0 unspecified atom stereocenters. The van der Waals surface area contributed by atoms with Gasteiger partial charge in [-0.05, 0) is 6.07 Å². The highest BCUT2D eigenvalue weighted by Crippen LogP contribution is 2.39. The molecule has 0 aromatic heterocycles. The molecule has 1 N–H and O–H groups in total. The van der Waals surface area contributed by atoms with Gasteiger partial charge >= 0.3 is 5.97 Å². The van der Waals surface area contributed by atoms with Gasteiger partial charge in [-0.3, -0.25) is 4.79 Å². The average Bonchev–Trinajstić information content (AvgIpc) is 2.39. The van der Waals surface area contributed by atoms with E-state index >= 15 is 0 Å². The zero-order chi connectivity index (χ0) is 14.1. The summed E-state index contributed by atoms with van der Waals surface area (Å²) >= 11 is 0. The molecule has 0 aliphatic carbocycles. The summed E-state index contributed by atoms with van der Waals surface area (Å²) in [4.78, 5) is 10.7. The maximum absolute atomic E-state index is 10.7. The summed E-state index contributed by atoms with van der Waals surface area (Å²) in [6.07, 6.45) is -0.122. The lowest BCUT2D eigenvalue weighted by Gasteiger charge is -2.14. The van der Waals surface area contributed by atoms with Gasteiger partial charge in [-0.2, -0.15) is 0 Å². The van der Waals surface area contributed by atoms with Crippen LogP contribution in [0, 0.1) is 0 Å². The quantitative estimate of drug-likeness (QED) is 0.876. The summed E-state index contributed by atoms with van der Waals surface area (Å²) in [6, 6.07) is 3.30. The van der Waals surface area contributed by atoms with Crippen LogP contribution < -0.4 is 14.2 Å². The topological polar surface area (TPSA) is 65.0 Å². The lowest BCUT2D eigenvalue weighted by Crippen LogP contribution is -2.04. The van der Waals surface area contributed by atoms with Gasteiger partial charge in [-0.15, -0.1) is 0 Å². The standard InChI is InChI=1S/C11H14O5.C2H6/c1-14-8-5-4-7(6-9(12)13)10(15-2)11(8)16-3;1-2/h4-5H,6H2,1-3H3,(H,12,13);1-2H3. The summed E-state index contributed by atoms with van der Waals surface area (Å²) in [7, 11) is 4.45. The zero-order valence-corrected chi connectivity index (χ0v) is 11.4. The highest BCUT2D eigenvalue weighted by atomic mass is 16.5. The fraction of sp³-hybridized carbons (Fsp3) is 0.462. The molecule has 5 nitrogen and oxygen atoms in total. The Morgan fingerprint density at radius 3 is 2.00 bits per heavy atom. The number of carboxylic acids is 1. The minimum absolute atomic E-state index is 0.122. The van der Waals surface area contributed by atoms with Gasteiger partial charge in [0.15, 0.2) is 11.5 Å². The first-order chi connectivity index (χ1) is 8.63. The number of methoxy groups -OCH3 is 3. The lowest BCUT2D eigenvalue weighted by molar-refractivity contribution is -0.136. The molecule has 0 aliphatic heterocycles. The van der Waals surface area contributed by atoms with Crippen molar-refractivity contribution < 1.29 is 24.1 Å². The molecule has 5 heteroatoms. The molecule has 0 amide bonds. The SMILES string of the molecule is CC.COc1ccc(CC(=O)O)c(OC)c1OC. The molecule has 0 saturated carbocycles. The van der Waals surface area contributed by atoms with Crippen LogP contribution in [0.5, 0.6) is 17.2 Å². The normalized spacial score (nSPS) is 8.94. The molecule has 0 saturated heterocycles. The predicted octanol–water partition coefficient (Wildman–Crippen LogP) is 2.37. The highest BCUT2D eigenvalue weighted by Gasteiger charge is 2.17. The Labute approximate surface area is 107 Å². The number of carbonyl (C=O) groups is 1. The molecule has 0 radical (unpaired) electrons. The van der Waals surface area contributed by atoms with Crippen molar-refractivity contribution in [1.82, 2.24) is 0 Å². The Balaban J connectivity index is 0.00000137. The molecule has 0 bridgehead atoms. The molecule has 1 rings (SSSR count). The number of hydrogen-bond donors (Lipinski definition) is 1. The molecule has 0 fully saturated rings. The Hall–Kier alpha value is -1.91. The number of carboxylic acid groups (broad SMARTS) is 1. The molecular weight excluding hydrogens is 236 g/mol. The molecule has 1 aromatic carbocycles. The summed E-state index contributed by atoms with van der Waals surface area (Å²) in [6.45, 7) is 4.00. The third-order valence-electron chi connectivity index (χ3n) is 2.13. The number of aliphatic carboxylic acids is 1. The lowest BCUT2D eigenvalue weighted by atomic mass is 10.1. The van der Waals surface area contributed by atoms with Gasteiger partial charge in [0.25, 0.3) is 0 Å². The summed E-state index contributed by atoms with van der Waals surface area (Å²) in [5, 5.41) is 8.75. The van der Waals surface area contributed by atoms with E-state index in [1.807, 2.05) is 13.8 Å². The van der Waals surface area contributed by atoms with Crippen LogP contribution in [-0.2, 0) is 11.2 Å². The predicted molar refractivity (Wildman–Crippen MR) is 68.8 cm³/mol. The van der Waals surface area contributed by atoms with Crippen molar-refractivity contribution >= 4 is 5.97 Å². The number of ether oxygens (including phenoxy) is 3. The van der Waals surface area contributed by atoms with Gasteiger partial charge in [0, 0.05) is 5.56 Å². The van der Waals surface area contributed by atoms with Gasteiger partial charge < -0.3 is 19.3 Å². The maximum Gasteiger partial charge on any atom is 0.307 e. The van der Waals surface area contributed by atoms with Gasteiger partial charge in [0.2, 0.25) is 5.75 Å². The highest BCUT2D eigenvalue weighted by molar-refractivity contribution is 5.73. The zero-order valence-electron chi connectivity index (χ0n) is 11.4. The van der Waals surface area contributed by atoms with Crippen molar-refractivity contribution in [1.29, 1.82) is 0 Å². The van der Waals surface area contributed by atoms with Crippen LogP contribution in [0.2, 0.25) is 0 Å². The first-order valence-electron chi connectivity index (χ1n) is 5.63. The monoisotopic (exact) mass is 256 g/mol. The minimum Gasteiger partial charge on any atom is -0.493 e. The minimum atomic E-state index is -0.925. The summed E-state index contributed by atoms with van der Waals surface area (Å²) < 4.78 is 15.4. The van der Waals surface area contributed by atoms with Crippen molar-refractivity contribution in [3.63, 3.8) is 0 Å². The van der Waals surface area contributed by atoms with Crippen LogP contribution in [0.4, 0.5) is 0 Å². The average molecular weight is 256 g/mol. The second kappa shape index (κ2) is 8.22. The Morgan fingerprint density at radius 1 is 1.06 bits per heavy atom. The molecule has 0 spiro atoms. The van der Waals surface area contributed by atoms with Crippen molar-refractivity contribution in [3.8, 4) is 17.2 Å². The van der Waals surface area contributed by atoms with Crippen LogP contribution in [0.1, 0.15) is 19.4 Å². The van der Waals surface area contributed by atoms with Crippen LogP contribution in [0.15, 0.2) is 12.1 Å². The van der Waals surface area contributed by atoms with E-state index < -0.39 is 5.97 Å². The van der Waals surface area contributed by atoms with Gasteiger partial charge in [-0.25, -0.2) is 0 Å². The first-order valence-corrected chi connectivity index (χ1v) is 5.63. The number of benzene rings is 1. The summed E-state index contributed by atoms with van der Waals surface area (Å²) in [5.74, 6) is 0.381. The molecule has 0 heterocycles. The van der Waals surface area contributed by atoms with E-state index in [0.29, 0.717) is 22.8 Å². The van der Waals surface area contributed by atoms with Crippen molar-refractivity contribution in [2.75, 3.05) is 21.3 Å². The molecule has 0 atom stereocenters. The smallest absolute Gasteiger partial charge is 0.307 e. The van der Waals surface area contributed by atoms with E-state index in [0.717, 1.165) is 0 Å². The first kappa shape index (κ1) is 16.1. The number of rotatable bonds is 5. The molecule has 0 aliphatic rings. The van der Waals surface area contributed by atoms with E-state index in [2.05, 4.69) is 0 Å².